The lowest BCUT2D eigenvalue weighted by atomic mass is 10.1. The van der Waals surface area contributed by atoms with Crippen LogP contribution >= 0.6 is 0 Å². The van der Waals surface area contributed by atoms with Crippen LogP contribution in [0, 0.1) is 0 Å². The maximum Gasteiger partial charge on any atom is 0.315 e. The zero-order valence-electron chi connectivity index (χ0n) is 8.94. The van der Waals surface area contributed by atoms with E-state index in [9.17, 15) is 4.79 Å². The zero-order chi connectivity index (χ0) is 11.4. The van der Waals surface area contributed by atoms with Crippen molar-refractivity contribution in [2.75, 3.05) is 13.2 Å². The number of aliphatic hydroxyl groups excluding tert-OH is 1. The van der Waals surface area contributed by atoms with E-state index < -0.39 is 0 Å². The summed E-state index contributed by atoms with van der Waals surface area (Å²) in [6, 6.07) is 3.68. The van der Waals surface area contributed by atoms with Crippen LogP contribution in [-0.2, 0) is 6.42 Å². The van der Waals surface area contributed by atoms with Gasteiger partial charge in [-0.05, 0) is 24.5 Å². The number of nitrogens with one attached hydrogen (secondary N) is 2. The van der Waals surface area contributed by atoms with Crippen LogP contribution in [0.3, 0.4) is 0 Å². The number of carbonyl (C=O) groups is 1. The molecule has 0 saturated carbocycles. The molecule has 0 bridgehead atoms. The minimum absolute atomic E-state index is 0.0439. The highest BCUT2D eigenvalue weighted by molar-refractivity contribution is 5.74. The molecule has 86 valence electrons. The van der Waals surface area contributed by atoms with Crippen LogP contribution in [0.15, 0.2) is 18.3 Å². The largest absolute Gasteiger partial charge is 0.395 e. The summed E-state index contributed by atoms with van der Waals surface area (Å²) < 4.78 is 0. The maximum absolute atomic E-state index is 11.4. The molecule has 1 aromatic heterocycles. The zero-order valence-corrected chi connectivity index (χ0v) is 8.94. The van der Waals surface area contributed by atoms with Crippen molar-refractivity contribution in [2.45, 2.75) is 18.9 Å². The molecule has 0 radical (unpaired) electrons. The van der Waals surface area contributed by atoms with Crippen molar-refractivity contribution in [1.29, 1.82) is 0 Å². The van der Waals surface area contributed by atoms with Gasteiger partial charge in [-0.25, -0.2) is 4.79 Å². The summed E-state index contributed by atoms with van der Waals surface area (Å²) in [7, 11) is 0. The van der Waals surface area contributed by atoms with Gasteiger partial charge in [0.2, 0.25) is 0 Å². The number of pyridine rings is 1. The third kappa shape index (κ3) is 2.30. The van der Waals surface area contributed by atoms with Crippen LogP contribution in [0.25, 0.3) is 0 Å². The molecule has 1 atom stereocenters. The predicted octanol–water partition coefficient (Wildman–Crippen LogP) is 0.360. The third-order valence-corrected chi connectivity index (χ3v) is 2.67. The van der Waals surface area contributed by atoms with Crippen molar-refractivity contribution >= 4 is 6.03 Å². The van der Waals surface area contributed by atoms with Crippen LogP contribution in [0.5, 0.6) is 0 Å². The molecule has 1 heterocycles. The molecule has 0 saturated heterocycles. The molecule has 16 heavy (non-hydrogen) atoms. The second-order valence-electron chi connectivity index (χ2n) is 3.75. The Morgan fingerprint density at radius 1 is 1.62 bits per heavy atom. The summed E-state index contributed by atoms with van der Waals surface area (Å²) in [4.78, 5) is 15.7. The average molecular weight is 221 g/mol. The number of fused-ring (bicyclic) bond motifs is 1. The van der Waals surface area contributed by atoms with Crippen molar-refractivity contribution in [3.63, 3.8) is 0 Å². The van der Waals surface area contributed by atoms with Gasteiger partial charge in [0, 0.05) is 18.4 Å². The SMILES string of the molecule is O=C(NCCO)NC1CCc2ncccc21. The number of urea groups is 1. The lowest BCUT2D eigenvalue weighted by molar-refractivity contribution is 0.230. The fourth-order valence-electron chi connectivity index (χ4n) is 1.94. The van der Waals surface area contributed by atoms with Gasteiger partial charge in [0.25, 0.3) is 0 Å². The van der Waals surface area contributed by atoms with Gasteiger partial charge in [0.05, 0.1) is 12.6 Å². The second-order valence-corrected chi connectivity index (χ2v) is 3.75. The van der Waals surface area contributed by atoms with Gasteiger partial charge in [-0.2, -0.15) is 0 Å². The van der Waals surface area contributed by atoms with E-state index in [0.29, 0.717) is 0 Å². The Kier molecular flexibility index (Phi) is 3.36. The first-order chi connectivity index (χ1) is 7.81. The summed E-state index contributed by atoms with van der Waals surface area (Å²) in [6.45, 7) is 0.231. The molecule has 2 rings (SSSR count). The van der Waals surface area contributed by atoms with Crippen molar-refractivity contribution < 1.29 is 9.90 Å². The number of amides is 2. The Morgan fingerprint density at radius 2 is 2.50 bits per heavy atom. The van der Waals surface area contributed by atoms with E-state index in [-0.39, 0.29) is 25.2 Å². The molecule has 5 heteroatoms. The highest BCUT2D eigenvalue weighted by Gasteiger charge is 2.24. The monoisotopic (exact) mass is 221 g/mol. The van der Waals surface area contributed by atoms with E-state index in [2.05, 4.69) is 15.6 Å². The van der Waals surface area contributed by atoms with Crippen molar-refractivity contribution in [1.82, 2.24) is 15.6 Å². The van der Waals surface area contributed by atoms with E-state index in [4.69, 9.17) is 5.11 Å². The molecule has 1 aliphatic carbocycles. The maximum atomic E-state index is 11.4. The van der Waals surface area contributed by atoms with E-state index in [1.165, 1.54) is 0 Å². The topological polar surface area (TPSA) is 74.2 Å². The average Bonchev–Trinajstić information content (AvgIpc) is 2.70. The van der Waals surface area contributed by atoms with Crippen molar-refractivity contribution in [2.24, 2.45) is 0 Å². The number of nitrogens with zero attached hydrogens (tertiary/aromatic N) is 1. The molecule has 1 unspecified atom stereocenters. The third-order valence-electron chi connectivity index (χ3n) is 2.67. The number of hydrogen-bond acceptors (Lipinski definition) is 3. The summed E-state index contributed by atoms with van der Waals surface area (Å²) in [5.41, 5.74) is 2.16. The Morgan fingerprint density at radius 3 is 3.31 bits per heavy atom. The fourth-order valence-corrected chi connectivity index (χ4v) is 1.94. The first kappa shape index (κ1) is 10.9. The quantitative estimate of drug-likeness (QED) is 0.690. The fraction of sp³-hybridized carbons (Fsp3) is 0.455. The number of aliphatic hydroxyl groups is 1. The minimum atomic E-state index is -0.240. The van der Waals surface area contributed by atoms with Gasteiger partial charge in [0.1, 0.15) is 0 Å². The number of carbonyl (C=O) groups excluding carboxylic acids is 1. The normalized spacial score (nSPS) is 17.9. The molecule has 5 nitrogen and oxygen atoms in total. The van der Waals surface area contributed by atoms with E-state index in [0.717, 1.165) is 24.1 Å². The molecule has 1 aliphatic rings. The van der Waals surface area contributed by atoms with Crippen LogP contribution in [0.2, 0.25) is 0 Å². The summed E-state index contributed by atoms with van der Waals surface area (Å²) >= 11 is 0. The van der Waals surface area contributed by atoms with E-state index in [1.54, 1.807) is 6.20 Å². The van der Waals surface area contributed by atoms with Crippen LogP contribution < -0.4 is 10.6 Å². The summed E-state index contributed by atoms with van der Waals surface area (Å²) in [5.74, 6) is 0. The van der Waals surface area contributed by atoms with E-state index >= 15 is 0 Å². The number of aryl methyl sites for hydroxylation is 1. The van der Waals surface area contributed by atoms with E-state index in [1.807, 2.05) is 12.1 Å². The standard InChI is InChI=1S/C11H15N3O2/c15-7-6-13-11(16)14-10-4-3-9-8(10)2-1-5-12-9/h1-2,5,10,15H,3-4,6-7H2,(H2,13,14,16). The van der Waals surface area contributed by atoms with Crippen molar-refractivity contribution in [3.8, 4) is 0 Å². The molecular formula is C11H15N3O2. The second kappa shape index (κ2) is 4.94. The predicted molar refractivity (Wildman–Crippen MR) is 58.9 cm³/mol. The van der Waals surface area contributed by atoms with Crippen LogP contribution in [-0.4, -0.2) is 29.3 Å². The van der Waals surface area contributed by atoms with Gasteiger partial charge in [0.15, 0.2) is 0 Å². The smallest absolute Gasteiger partial charge is 0.315 e. The van der Waals surface area contributed by atoms with Crippen LogP contribution in [0.4, 0.5) is 4.79 Å². The van der Waals surface area contributed by atoms with Gasteiger partial charge < -0.3 is 15.7 Å². The first-order valence-corrected chi connectivity index (χ1v) is 5.40. The number of rotatable bonds is 3. The Bertz CT molecular complexity index is 381. The van der Waals surface area contributed by atoms with Gasteiger partial charge in [-0.15, -0.1) is 0 Å². The summed E-state index contributed by atoms with van der Waals surface area (Å²) in [5, 5.41) is 14.0. The molecular weight excluding hydrogens is 206 g/mol. The Labute approximate surface area is 93.9 Å². The van der Waals surface area contributed by atoms with Gasteiger partial charge in [-0.3, -0.25) is 4.98 Å². The highest BCUT2D eigenvalue weighted by atomic mass is 16.3. The lowest BCUT2D eigenvalue weighted by Crippen LogP contribution is -2.38. The number of hydrogen-bond donors (Lipinski definition) is 3. The molecule has 0 spiro atoms. The van der Waals surface area contributed by atoms with Gasteiger partial charge >= 0.3 is 6.03 Å². The number of aromatic nitrogens is 1. The van der Waals surface area contributed by atoms with Gasteiger partial charge in [-0.1, -0.05) is 6.07 Å². The van der Waals surface area contributed by atoms with Crippen LogP contribution in [0.1, 0.15) is 23.7 Å². The molecule has 0 aliphatic heterocycles. The summed E-state index contributed by atoms with van der Waals surface area (Å²) in [6.07, 6.45) is 3.56. The molecule has 0 aromatic carbocycles. The molecule has 0 fully saturated rings. The molecule has 3 N–H and O–H groups in total. The highest BCUT2D eigenvalue weighted by Crippen LogP contribution is 2.28. The Hall–Kier alpha value is -1.62. The Balaban J connectivity index is 1.95. The lowest BCUT2D eigenvalue weighted by Gasteiger charge is -2.14. The first-order valence-electron chi connectivity index (χ1n) is 5.40. The molecule has 1 aromatic rings. The van der Waals surface area contributed by atoms with Crippen molar-refractivity contribution in [3.05, 3.63) is 29.6 Å². The minimum Gasteiger partial charge on any atom is -0.395 e. The molecule has 2 amide bonds.